The second-order valence-corrected chi connectivity index (χ2v) is 56.4. The lowest BCUT2D eigenvalue weighted by atomic mass is 10.2. The summed E-state index contributed by atoms with van der Waals surface area (Å²) in [5.74, 6) is 0.0333. The Kier molecular flexibility index (Phi) is 7.56. The zero-order chi connectivity index (χ0) is 15.8. The van der Waals surface area contributed by atoms with Crippen LogP contribution in [0, 0.1) is 5.92 Å². The highest BCUT2D eigenvalue weighted by molar-refractivity contribution is 8.29. The number of hydrogen-bond donors (Lipinski definition) is 0. The Morgan fingerprint density at radius 3 is 1.30 bits per heavy atom. The van der Waals surface area contributed by atoms with Crippen LogP contribution in [0.5, 0.6) is 0 Å². The van der Waals surface area contributed by atoms with Crippen LogP contribution in [-0.4, -0.2) is 23.2 Å². The van der Waals surface area contributed by atoms with Crippen molar-refractivity contribution in [2.45, 2.75) is 0 Å². The summed E-state index contributed by atoms with van der Waals surface area (Å²) in [7, 11) is 0. The molecule has 0 aromatic rings. The number of rotatable bonds is 5. The van der Waals surface area contributed by atoms with E-state index >= 15 is 0 Å². The van der Waals surface area contributed by atoms with E-state index in [9.17, 15) is 0 Å². The van der Waals surface area contributed by atoms with Gasteiger partial charge in [0.25, 0.3) is 0 Å². The summed E-state index contributed by atoms with van der Waals surface area (Å²) in [6.07, 6.45) is 9.46. The monoisotopic (exact) mass is 518 g/mol. The van der Waals surface area contributed by atoms with Crippen LogP contribution in [0.25, 0.3) is 0 Å². The van der Waals surface area contributed by atoms with Gasteiger partial charge < -0.3 is 0 Å². The van der Waals surface area contributed by atoms with Crippen molar-refractivity contribution in [3.05, 3.63) is 36.1 Å². The molecule has 0 amide bonds. The largest absolute Gasteiger partial charge is 0.332 e. The zero-order valence-electron chi connectivity index (χ0n) is 9.44. The van der Waals surface area contributed by atoms with Crippen LogP contribution in [0.4, 0.5) is 0 Å². The Bertz CT molecular complexity index is 393. The van der Waals surface area contributed by atoms with E-state index in [4.69, 9.17) is 99.7 Å². The molecule has 0 spiro atoms. The standard InChI is InChI=1S/C7H7Cl9Si4/c8-18(9,10)17(19(11,12)13,20(14,15)16)6-5-7-3-1-2-4-7/h1-7H. The van der Waals surface area contributed by atoms with E-state index in [0.717, 1.165) is 0 Å². The minimum atomic E-state index is -3.53. The van der Waals surface area contributed by atoms with E-state index in [1.54, 1.807) is 11.8 Å². The van der Waals surface area contributed by atoms with Crippen LogP contribution in [0.3, 0.4) is 0 Å². The molecule has 20 heavy (non-hydrogen) atoms. The van der Waals surface area contributed by atoms with E-state index in [-0.39, 0.29) is 5.92 Å². The fourth-order valence-corrected chi connectivity index (χ4v) is 127. The Labute approximate surface area is 163 Å². The van der Waals surface area contributed by atoms with Gasteiger partial charge in [0, 0.05) is 5.92 Å². The number of allylic oxidation sites excluding steroid dienone is 5. The minimum absolute atomic E-state index is 0.0333. The Balaban J connectivity index is 3.39. The average Bonchev–Trinajstić information content (AvgIpc) is 2.63. The van der Waals surface area contributed by atoms with Crippen LogP contribution in [0.1, 0.15) is 0 Å². The van der Waals surface area contributed by atoms with Gasteiger partial charge in [0.2, 0.25) is 6.63 Å². The van der Waals surface area contributed by atoms with Crippen molar-refractivity contribution in [3.63, 3.8) is 0 Å². The van der Waals surface area contributed by atoms with Crippen molar-refractivity contribution < 1.29 is 0 Å². The normalized spacial score (nSPS) is 18.4. The maximum Gasteiger partial charge on any atom is 0.332 e. The van der Waals surface area contributed by atoms with Gasteiger partial charge in [0.15, 0.2) is 0 Å². The minimum Gasteiger partial charge on any atom is -0.130 e. The molecular formula is C7H7Cl9Si4. The maximum atomic E-state index is 6.22. The molecule has 0 bridgehead atoms. The zero-order valence-corrected chi connectivity index (χ0v) is 20.2. The van der Waals surface area contributed by atoms with Crippen LogP contribution < -0.4 is 0 Å². The first-order valence-corrected chi connectivity index (χ1v) is 25.3. The summed E-state index contributed by atoms with van der Waals surface area (Å²) in [6, 6.07) is 0. The predicted molar refractivity (Wildman–Crippen MR) is 107 cm³/mol. The first kappa shape index (κ1) is 20.7. The smallest absolute Gasteiger partial charge is 0.130 e. The molecule has 0 aliphatic heterocycles. The Morgan fingerprint density at radius 2 is 1.00 bits per heavy atom. The second-order valence-electron chi connectivity index (χ2n) is 4.01. The Hall–Kier alpha value is 2.70. The summed E-state index contributed by atoms with van der Waals surface area (Å²) in [5, 5.41) is 0. The van der Waals surface area contributed by atoms with Gasteiger partial charge in [-0.05, 0) is 0 Å². The molecule has 1 rings (SSSR count). The molecule has 0 radical (unpaired) electrons. The maximum absolute atomic E-state index is 6.22. The molecule has 0 aromatic carbocycles. The highest BCUT2D eigenvalue weighted by atomic mass is 35.9. The van der Waals surface area contributed by atoms with Gasteiger partial charge in [-0.1, -0.05) is 36.1 Å². The van der Waals surface area contributed by atoms with E-state index in [1.165, 1.54) is 0 Å². The molecule has 1 aliphatic rings. The molecule has 1 aliphatic carbocycles. The lowest BCUT2D eigenvalue weighted by Gasteiger charge is -2.40. The highest BCUT2D eigenvalue weighted by Gasteiger charge is 2.77. The SMILES string of the molecule is Cl[Si](Cl)(Cl)[Si](C=CC1C=CC=C1)([Si](Cl)(Cl)Cl)[Si](Cl)(Cl)Cl. The second kappa shape index (κ2) is 7.29. The predicted octanol–water partition coefficient (Wildman–Crippen LogP) is 6.47. The Morgan fingerprint density at radius 1 is 0.650 bits per heavy atom. The summed E-state index contributed by atoms with van der Waals surface area (Å²) in [5.41, 5.74) is -8.93. The van der Waals surface area contributed by atoms with Gasteiger partial charge in [-0.15, -0.1) is 99.7 Å². The van der Waals surface area contributed by atoms with Gasteiger partial charge in [-0.3, -0.25) is 0 Å². The summed E-state index contributed by atoms with van der Waals surface area (Å²) < 4.78 is 0. The van der Waals surface area contributed by atoms with Gasteiger partial charge in [0.1, 0.15) is 0 Å². The van der Waals surface area contributed by atoms with Crippen LogP contribution >= 0.6 is 99.7 Å². The summed E-state index contributed by atoms with van der Waals surface area (Å²) >= 11 is 56.0. The summed E-state index contributed by atoms with van der Waals surface area (Å²) in [6.45, 7) is -3.41. The van der Waals surface area contributed by atoms with Crippen molar-refractivity contribution in [2.75, 3.05) is 0 Å². The topological polar surface area (TPSA) is 0 Å². The van der Waals surface area contributed by atoms with Crippen LogP contribution in [-0.2, 0) is 0 Å². The van der Waals surface area contributed by atoms with Gasteiger partial charge >= 0.3 is 16.6 Å². The van der Waals surface area contributed by atoms with Crippen LogP contribution in [0.15, 0.2) is 36.1 Å². The fourth-order valence-electron chi connectivity index (χ4n) is 1.60. The first-order chi connectivity index (χ1) is 8.83. The number of hydrogen-bond acceptors (Lipinski definition) is 0. The van der Waals surface area contributed by atoms with E-state index in [0.29, 0.717) is 0 Å². The lowest BCUT2D eigenvalue weighted by Crippen LogP contribution is -2.75. The molecule has 0 fully saturated rings. The van der Waals surface area contributed by atoms with Crippen molar-refractivity contribution >= 4 is 123 Å². The number of halogens is 9. The average molecular weight is 523 g/mol. The third kappa shape index (κ3) is 4.40. The molecular weight excluding hydrogens is 515 g/mol. The van der Waals surface area contributed by atoms with Crippen molar-refractivity contribution in [2.24, 2.45) is 5.92 Å². The van der Waals surface area contributed by atoms with Gasteiger partial charge in [-0.2, -0.15) is 0 Å². The first-order valence-electron chi connectivity index (χ1n) is 5.07. The molecule has 0 nitrogen and oxygen atoms in total. The van der Waals surface area contributed by atoms with E-state index < -0.39 is 23.2 Å². The molecule has 0 unspecified atom stereocenters. The third-order valence-corrected chi connectivity index (χ3v) is 85.7. The third-order valence-electron chi connectivity index (χ3n) is 2.69. The molecule has 13 heteroatoms. The van der Waals surface area contributed by atoms with Crippen molar-refractivity contribution in [1.29, 1.82) is 0 Å². The van der Waals surface area contributed by atoms with Crippen molar-refractivity contribution in [1.82, 2.24) is 0 Å². The van der Waals surface area contributed by atoms with Crippen molar-refractivity contribution in [3.8, 4) is 0 Å². The highest BCUT2D eigenvalue weighted by Crippen LogP contribution is 2.52. The summed E-state index contributed by atoms with van der Waals surface area (Å²) in [4.78, 5) is 0. The lowest BCUT2D eigenvalue weighted by molar-refractivity contribution is 1.10. The van der Waals surface area contributed by atoms with E-state index in [2.05, 4.69) is 0 Å². The fraction of sp³-hybridized carbons (Fsp3) is 0.143. The molecule has 0 heterocycles. The van der Waals surface area contributed by atoms with Gasteiger partial charge in [-0.25, -0.2) is 0 Å². The molecule has 0 saturated carbocycles. The molecule has 0 N–H and O–H groups in total. The molecule has 114 valence electrons. The molecule has 0 saturated heterocycles. The molecule has 0 aromatic heterocycles. The quantitative estimate of drug-likeness (QED) is 0.287. The van der Waals surface area contributed by atoms with Crippen LogP contribution in [0.2, 0.25) is 0 Å². The van der Waals surface area contributed by atoms with E-state index in [1.807, 2.05) is 24.3 Å². The molecule has 0 atom stereocenters. The van der Waals surface area contributed by atoms with Gasteiger partial charge in [0.05, 0.1) is 0 Å².